The maximum absolute atomic E-state index is 12.6. The van der Waals surface area contributed by atoms with E-state index in [1.807, 2.05) is 0 Å². The van der Waals surface area contributed by atoms with Gasteiger partial charge in [0.15, 0.2) is 11.5 Å². The molecule has 0 bridgehead atoms. The Morgan fingerprint density at radius 2 is 2.17 bits per heavy atom. The van der Waals surface area contributed by atoms with Crippen molar-refractivity contribution in [2.45, 2.75) is 18.6 Å². The van der Waals surface area contributed by atoms with Crippen molar-refractivity contribution in [3.8, 4) is 11.5 Å². The molecule has 0 unspecified atom stereocenters. The van der Waals surface area contributed by atoms with E-state index in [9.17, 15) is 18.0 Å². The summed E-state index contributed by atoms with van der Waals surface area (Å²) in [6.07, 6.45) is -4.29. The van der Waals surface area contributed by atoms with Crippen LogP contribution in [0.4, 0.5) is 13.2 Å². The lowest BCUT2D eigenvalue weighted by atomic mass is 10.1. The predicted octanol–water partition coefficient (Wildman–Crippen LogP) is 2.34. The molecule has 2 aliphatic rings. The summed E-state index contributed by atoms with van der Waals surface area (Å²) in [5, 5.41) is 5.55. The second kappa shape index (κ2) is 6.09. The molecule has 1 fully saturated rings. The lowest BCUT2D eigenvalue weighted by Crippen LogP contribution is -2.37. The molecule has 2 aliphatic heterocycles. The van der Waals surface area contributed by atoms with Gasteiger partial charge in [-0.3, -0.25) is 4.79 Å². The van der Waals surface area contributed by atoms with E-state index >= 15 is 0 Å². The van der Waals surface area contributed by atoms with Gasteiger partial charge in [-0.25, -0.2) is 0 Å². The van der Waals surface area contributed by atoms with Crippen molar-refractivity contribution >= 4 is 17.5 Å². The Morgan fingerprint density at radius 3 is 2.87 bits per heavy atom. The molecule has 0 radical (unpaired) electrons. The monoisotopic (exact) mass is 350 g/mol. The zero-order valence-corrected chi connectivity index (χ0v) is 12.6. The number of carbonyl (C=O) groups is 1. The van der Waals surface area contributed by atoms with Crippen LogP contribution < -0.4 is 20.1 Å². The van der Waals surface area contributed by atoms with Gasteiger partial charge in [0.1, 0.15) is 5.56 Å². The lowest BCUT2D eigenvalue weighted by molar-refractivity contribution is -0.169. The second-order valence-electron chi connectivity index (χ2n) is 5.45. The van der Waals surface area contributed by atoms with Crippen molar-refractivity contribution in [2.75, 3.05) is 19.9 Å². The van der Waals surface area contributed by atoms with E-state index in [0.717, 1.165) is 0 Å². The van der Waals surface area contributed by atoms with E-state index in [0.29, 0.717) is 5.75 Å². The largest absolute Gasteiger partial charge is 0.454 e. The highest BCUT2D eigenvalue weighted by Gasteiger charge is 2.44. The van der Waals surface area contributed by atoms with Gasteiger partial charge in [0, 0.05) is 19.1 Å². The van der Waals surface area contributed by atoms with E-state index in [2.05, 4.69) is 10.6 Å². The highest BCUT2D eigenvalue weighted by Crippen LogP contribution is 2.39. The zero-order chi connectivity index (χ0) is 16.6. The number of rotatable bonds is 3. The first-order chi connectivity index (χ1) is 10.9. The third kappa shape index (κ3) is 3.32. The van der Waals surface area contributed by atoms with Crippen LogP contribution in [0.1, 0.15) is 16.8 Å². The van der Waals surface area contributed by atoms with E-state index in [4.69, 9.17) is 21.1 Å². The minimum atomic E-state index is -4.22. The van der Waals surface area contributed by atoms with Gasteiger partial charge in [-0.2, -0.15) is 13.2 Å². The van der Waals surface area contributed by atoms with E-state index in [-0.39, 0.29) is 42.6 Å². The standard InChI is InChI=1S/C14H14ClF3N2O3/c15-9-1-2-10-12(23-6-22-10)11(9)13(21)20-5-8-3-7(4-19-8)14(16,17)18/h1-2,7-8,19H,3-6H2,(H,20,21)/t7-,8-/m0/s1. The molecule has 0 saturated carbocycles. The number of hydrogen-bond acceptors (Lipinski definition) is 4. The van der Waals surface area contributed by atoms with Crippen molar-refractivity contribution in [3.05, 3.63) is 22.7 Å². The Morgan fingerprint density at radius 1 is 1.39 bits per heavy atom. The van der Waals surface area contributed by atoms with Gasteiger partial charge in [0.05, 0.1) is 10.9 Å². The molecule has 1 aromatic carbocycles. The third-order valence-corrected chi connectivity index (χ3v) is 4.22. The number of fused-ring (bicyclic) bond motifs is 1. The van der Waals surface area contributed by atoms with Crippen LogP contribution in [0.5, 0.6) is 11.5 Å². The normalized spacial score (nSPS) is 23.1. The van der Waals surface area contributed by atoms with Gasteiger partial charge in [-0.15, -0.1) is 0 Å². The van der Waals surface area contributed by atoms with Gasteiger partial charge in [-0.1, -0.05) is 11.6 Å². The molecule has 1 aromatic rings. The quantitative estimate of drug-likeness (QED) is 0.878. The Hall–Kier alpha value is -1.67. The summed E-state index contributed by atoms with van der Waals surface area (Å²) in [7, 11) is 0. The average Bonchev–Trinajstić information content (AvgIpc) is 3.12. The molecule has 5 nitrogen and oxygen atoms in total. The SMILES string of the molecule is O=C(NC[C@@H]1C[C@H](C(F)(F)F)CN1)c1c(Cl)ccc2c1OCO2. The second-order valence-corrected chi connectivity index (χ2v) is 5.85. The first kappa shape index (κ1) is 16.2. The maximum atomic E-state index is 12.6. The fourth-order valence-electron chi connectivity index (χ4n) is 2.69. The third-order valence-electron chi connectivity index (χ3n) is 3.91. The number of benzene rings is 1. The number of ether oxygens (including phenoxy) is 2. The van der Waals surface area contributed by atoms with Crippen molar-refractivity contribution in [2.24, 2.45) is 5.92 Å². The van der Waals surface area contributed by atoms with Crippen LogP contribution in [-0.2, 0) is 0 Å². The number of nitrogens with one attached hydrogen (secondary N) is 2. The summed E-state index contributed by atoms with van der Waals surface area (Å²) >= 11 is 6.02. The van der Waals surface area contributed by atoms with Crippen molar-refractivity contribution < 1.29 is 27.4 Å². The minimum Gasteiger partial charge on any atom is -0.454 e. The maximum Gasteiger partial charge on any atom is 0.393 e. The van der Waals surface area contributed by atoms with Crippen molar-refractivity contribution in [3.63, 3.8) is 0 Å². The highest BCUT2D eigenvalue weighted by atomic mass is 35.5. The molecule has 3 rings (SSSR count). The molecule has 9 heteroatoms. The fraction of sp³-hybridized carbons (Fsp3) is 0.500. The summed E-state index contributed by atoms with van der Waals surface area (Å²) in [4.78, 5) is 12.3. The number of amides is 1. The summed E-state index contributed by atoms with van der Waals surface area (Å²) < 4.78 is 48.3. The van der Waals surface area contributed by atoms with Gasteiger partial charge in [0.2, 0.25) is 6.79 Å². The Bertz CT molecular complexity index is 624. The molecule has 0 spiro atoms. The molecule has 0 aliphatic carbocycles. The first-order valence-corrected chi connectivity index (χ1v) is 7.40. The van der Waals surface area contributed by atoms with E-state index in [1.54, 1.807) is 6.07 Å². The summed E-state index contributed by atoms with van der Waals surface area (Å²) in [5.74, 6) is -1.22. The van der Waals surface area contributed by atoms with E-state index in [1.165, 1.54) is 6.07 Å². The van der Waals surface area contributed by atoms with Crippen LogP contribution >= 0.6 is 11.6 Å². The van der Waals surface area contributed by atoms with Crippen molar-refractivity contribution in [1.82, 2.24) is 10.6 Å². The molecule has 2 heterocycles. The smallest absolute Gasteiger partial charge is 0.393 e. The van der Waals surface area contributed by atoms with Gasteiger partial charge in [-0.05, 0) is 18.6 Å². The van der Waals surface area contributed by atoms with Crippen LogP contribution in [0, 0.1) is 5.92 Å². The van der Waals surface area contributed by atoms with Gasteiger partial charge >= 0.3 is 6.18 Å². The molecule has 1 saturated heterocycles. The highest BCUT2D eigenvalue weighted by molar-refractivity contribution is 6.34. The first-order valence-electron chi connectivity index (χ1n) is 7.02. The van der Waals surface area contributed by atoms with Crippen LogP contribution in [-0.4, -0.2) is 38.0 Å². The molecule has 0 aromatic heterocycles. The topological polar surface area (TPSA) is 59.6 Å². The molecule has 2 atom stereocenters. The summed E-state index contributed by atoms with van der Waals surface area (Å²) in [6.45, 7) is -0.0673. The zero-order valence-electron chi connectivity index (χ0n) is 11.9. The Labute approximate surface area is 135 Å². The van der Waals surface area contributed by atoms with Crippen LogP contribution in [0.25, 0.3) is 0 Å². The van der Waals surface area contributed by atoms with Crippen LogP contribution in [0.15, 0.2) is 12.1 Å². The average molecular weight is 351 g/mol. The minimum absolute atomic E-state index is 0.00655. The molecule has 23 heavy (non-hydrogen) atoms. The number of hydrogen-bond donors (Lipinski definition) is 2. The van der Waals surface area contributed by atoms with Crippen LogP contribution in [0.3, 0.4) is 0 Å². The van der Waals surface area contributed by atoms with Gasteiger partial charge < -0.3 is 20.1 Å². The van der Waals surface area contributed by atoms with Crippen molar-refractivity contribution in [1.29, 1.82) is 0 Å². The van der Waals surface area contributed by atoms with Crippen LogP contribution in [0.2, 0.25) is 5.02 Å². The molecule has 126 valence electrons. The molecule has 2 N–H and O–H groups in total. The number of halogens is 4. The van der Waals surface area contributed by atoms with Gasteiger partial charge in [0.25, 0.3) is 5.91 Å². The van der Waals surface area contributed by atoms with E-state index < -0.39 is 24.0 Å². The molecular formula is C14H14ClF3N2O3. The number of alkyl halides is 3. The summed E-state index contributed by atoms with van der Waals surface area (Å²) in [6, 6.07) is 2.67. The fourth-order valence-corrected chi connectivity index (χ4v) is 2.92. The Balaban J connectivity index is 1.62. The lowest BCUT2D eigenvalue weighted by Gasteiger charge is -2.15. The summed E-state index contributed by atoms with van der Waals surface area (Å²) in [5.41, 5.74) is 0.132. The molecule has 1 amide bonds. The predicted molar refractivity (Wildman–Crippen MR) is 75.9 cm³/mol. The molecular weight excluding hydrogens is 337 g/mol. The Kier molecular flexibility index (Phi) is 4.29. The number of carbonyl (C=O) groups excluding carboxylic acids is 1.